The predicted octanol–water partition coefficient (Wildman–Crippen LogP) is 3.00. The first-order valence-corrected chi connectivity index (χ1v) is 5.78. The lowest BCUT2D eigenvalue weighted by molar-refractivity contribution is 0.507. The first-order valence-electron chi connectivity index (χ1n) is 5.40. The van der Waals surface area contributed by atoms with E-state index in [9.17, 15) is 0 Å². The van der Waals surface area contributed by atoms with Gasteiger partial charge in [-0.25, -0.2) is 0 Å². The zero-order chi connectivity index (χ0) is 11.1. The highest BCUT2D eigenvalue weighted by molar-refractivity contribution is 6.30. The Morgan fingerprint density at radius 1 is 1.20 bits per heavy atom. The van der Waals surface area contributed by atoms with Gasteiger partial charge in [0, 0.05) is 17.3 Å². The van der Waals surface area contributed by atoms with Crippen LogP contribution in [0.4, 0.5) is 5.69 Å². The molecule has 0 saturated carbocycles. The molecule has 15 heavy (non-hydrogen) atoms. The van der Waals surface area contributed by atoms with Crippen LogP contribution in [-0.2, 0) is 0 Å². The monoisotopic (exact) mass is 226 g/mol. The van der Waals surface area contributed by atoms with E-state index >= 15 is 0 Å². The molecule has 0 aliphatic heterocycles. The van der Waals surface area contributed by atoms with Crippen molar-refractivity contribution in [1.29, 1.82) is 0 Å². The van der Waals surface area contributed by atoms with E-state index in [1.54, 1.807) is 0 Å². The third-order valence-corrected chi connectivity index (χ3v) is 2.76. The maximum atomic E-state index is 5.81. The van der Waals surface area contributed by atoms with E-state index in [0.717, 1.165) is 23.8 Å². The lowest BCUT2D eigenvalue weighted by atomic mass is 10.1. The summed E-state index contributed by atoms with van der Waals surface area (Å²) in [7, 11) is 1.99. The molecule has 3 heteroatoms. The van der Waals surface area contributed by atoms with Gasteiger partial charge in [0.25, 0.3) is 0 Å². The first kappa shape index (κ1) is 12.3. The smallest absolute Gasteiger partial charge is 0.0407 e. The molecule has 1 atom stereocenters. The zero-order valence-corrected chi connectivity index (χ0v) is 10.1. The van der Waals surface area contributed by atoms with Gasteiger partial charge in [-0.1, -0.05) is 24.9 Å². The molecule has 2 nitrogen and oxygen atoms in total. The second-order valence-electron chi connectivity index (χ2n) is 3.72. The number of rotatable bonds is 6. The molecule has 1 unspecified atom stereocenters. The average Bonchev–Trinajstić information content (AvgIpc) is 2.26. The summed E-state index contributed by atoms with van der Waals surface area (Å²) in [6.07, 6.45) is 1.18. The number of benzene rings is 1. The van der Waals surface area contributed by atoms with Crippen LogP contribution in [0.2, 0.25) is 5.02 Å². The van der Waals surface area contributed by atoms with Crippen molar-refractivity contribution in [2.75, 3.05) is 25.5 Å². The van der Waals surface area contributed by atoms with Crippen LogP contribution in [0.15, 0.2) is 24.3 Å². The Hall–Kier alpha value is -0.730. The fraction of sp³-hybridized carbons (Fsp3) is 0.500. The summed E-state index contributed by atoms with van der Waals surface area (Å²) in [5.41, 5.74) is 1.13. The predicted molar refractivity (Wildman–Crippen MR) is 67.6 cm³/mol. The largest absolute Gasteiger partial charge is 0.385 e. The summed E-state index contributed by atoms with van der Waals surface area (Å²) in [6.45, 7) is 4.27. The summed E-state index contributed by atoms with van der Waals surface area (Å²) in [6, 6.07) is 7.83. The molecular formula is C12H19ClN2. The van der Waals surface area contributed by atoms with Gasteiger partial charge in [-0.05, 0) is 43.8 Å². The highest BCUT2D eigenvalue weighted by Gasteiger charge is 2.04. The molecule has 0 aliphatic rings. The van der Waals surface area contributed by atoms with Crippen molar-refractivity contribution in [2.45, 2.75) is 13.3 Å². The lowest BCUT2D eigenvalue weighted by Gasteiger charge is -2.15. The highest BCUT2D eigenvalue weighted by Crippen LogP contribution is 2.14. The minimum Gasteiger partial charge on any atom is -0.385 e. The van der Waals surface area contributed by atoms with Crippen molar-refractivity contribution in [1.82, 2.24) is 5.32 Å². The molecule has 0 bridgehead atoms. The van der Waals surface area contributed by atoms with E-state index in [4.69, 9.17) is 11.6 Å². The third-order valence-electron chi connectivity index (χ3n) is 2.51. The molecule has 1 aromatic carbocycles. The van der Waals surface area contributed by atoms with Crippen LogP contribution in [0.5, 0.6) is 0 Å². The fourth-order valence-electron chi connectivity index (χ4n) is 1.48. The molecule has 2 N–H and O–H groups in total. The van der Waals surface area contributed by atoms with E-state index < -0.39 is 0 Å². The second kappa shape index (κ2) is 6.70. The van der Waals surface area contributed by atoms with Gasteiger partial charge in [-0.2, -0.15) is 0 Å². The van der Waals surface area contributed by atoms with Gasteiger partial charge in [0.1, 0.15) is 0 Å². The van der Waals surface area contributed by atoms with Gasteiger partial charge in [0.05, 0.1) is 0 Å². The van der Waals surface area contributed by atoms with E-state index in [0.29, 0.717) is 5.92 Å². The third kappa shape index (κ3) is 4.54. The zero-order valence-electron chi connectivity index (χ0n) is 9.39. The molecule has 84 valence electrons. The molecule has 0 fully saturated rings. The van der Waals surface area contributed by atoms with Gasteiger partial charge >= 0.3 is 0 Å². The Bertz CT molecular complexity index is 271. The van der Waals surface area contributed by atoms with Gasteiger partial charge < -0.3 is 10.6 Å². The molecule has 1 rings (SSSR count). The highest BCUT2D eigenvalue weighted by atomic mass is 35.5. The van der Waals surface area contributed by atoms with Crippen molar-refractivity contribution in [3.8, 4) is 0 Å². The molecule has 1 aromatic rings. The van der Waals surface area contributed by atoms with E-state index in [-0.39, 0.29) is 0 Å². The number of hydrogen-bond donors (Lipinski definition) is 2. The Balaban J connectivity index is 2.38. The molecule has 0 amide bonds. The molecule has 0 radical (unpaired) electrons. The molecule has 0 spiro atoms. The Morgan fingerprint density at radius 3 is 2.40 bits per heavy atom. The number of hydrogen-bond acceptors (Lipinski definition) is 2. The lowest BCUT2D eigenvalue weighted by Crippen LogP contribution is -2.24. The molecule has 0 heterocycles. The standard InChI is InChI=1S/C12H19ClN2/c1-3-10(8-14-2)9-15-12-6-4-11(13)5-7-12/h4-7,10,14-15H,3,8-9H2,1-2H3. The van der Waals surface area contributed by atoms with Gasteiger partial charge in [-0.3, -0.25) is 0 Å². The molecular weight excluding hydrogens is 208 g/mol. The quantitative estimate of drug-likeness (QED) is 0.780. The Labute approximate surface area is 97.0 Å². The summed E-state index contributed by atoms with van der Waals surface area (Å²) < 4.78 is 0. The maximum absolute atomic E-state index is 5.81. The summed E-state index contributed by atoms with van der Waals surface area (Å²) in [4.78, 5) is 0. The summed E-state index contributed by atoms with van der Waals surface area (Å²) >= 11 is 5.81. The summed E-state index contributed by atoms with van der Waals surface area (Å²) in [5.74, 6) is 0.672. The number of anilines is 1. The fourth-order valence-corrected chi connectivity index (χ4v) is 1.61. The van der Waals surface area contributed by atoms with Gasteiger partial charge in [-0.15, -0.1) is 0 Å². The number of nitrogens with one attached hydrogen (secondary N) is 2. The van der Waals surface area contributed by atoms with Crippen LogP contribution in [-0.4, -0.2) is 20.1 Å². The maximum Gasteiger partial charge on any atom is 0.0407 e. The normalized spacial score (nSPS) is 12.5. The van der Waals surface area contributed by atoms with Gasteiger partial charge in [0.15, 0.2) is 0 Å². The van der Waals surface area contributed by atoms with Crippen LogP contribution < -0.4 is 10.6 Å². The van der Waals surface area contributed by atoms with Gasteiger partial charge in [0.2, 0.25) is 0 Å². The SMILES string of the molecule is CCC(CNC)CNc1ccc(Cl)cc1. The number of halogens is 1. The van der Waals surface area contributed by atoms with E-state index in [1.807, 2.05) is 31.3 Å². The van der Waals surface area contributed by atoms with Crippen LogP contribution in [0.1, 0.15) is 13.3 Å². The van der Waals surface area contributed by atoms with Crippen molar-refractivity contribution < 1.29 is 0 Å². The van der Waals surface area contributed by atoms with E-state index in [2.05, 4.69) is 17.6 Å². The topological polar surface area (TPSA) is 24.1 Å². The first-order chi connectivity index (χ1) is 7.26. The summed E-state index contributed by atoms with van der Waals surface area (Å²) in [5, 5.41) is 7.39. The Morgan fingerprint density at radius 2 is 1.87 bits per heavy atom. The minimum absolute atomic E-state index is 0.672. The van der Waals surface area contributed by atoms with E-state index in [1.165, 1.54) is 6.42 Å². The molecule has 0 aromatic heterocycles. The van der Waals surface area contributed by atoms with Crippen LogP contribution >= 0.6 is 11.6 Å². The van der Waals surface area contributed by atoms with Crippen molar-refractivity contribution in [2.24, 2.45) is 5.92 Å². The second-order valence-corrected chi connectivity index (χ2v) is 4.16. The van der Waals surface area contributed by atoms with Crippen LogP contribution in [0.3, 0.4) is 0 Å². The Kier molecular flexibility index (Phi) is 5.51. The van der Waals surface area contributed by atoms with Crippen molar-refractivity contribution in [3.05, 3.63) is 29.3 Å². The van der Waals surface area contributed by atoms with Crippen molar-refractivity contribution in [3.63, 3.8) is 0 Å². The van der Waals surface area contributed by atoms with Crippen molar-refractivity contribution >= 4 is 17.3 Å². The van der Waals surface area contributed by atoms with Crippen LogP contribution in [0, 0.1) is 5.92 Å². The minimum atomic E-state index is 0.672. The van der Waals surface area contributed by atoms with Crippen LogP contribution in [0.25, 0.3) is 0 Å². The molecule has 0 saturated heterocycles. The average molecular weight is 227 g/mol. The molecule has 0 aliphatic carbocycles.